The molecule has 1 aromatic rings. The monoisotopic (exact) mass is 321 g/mol. The van der Waals surface area contributed by atoms with Gasteiger partial charge in [0, 0.05) is 16.8 Å². The Kier molecular flexibility index (Phi) is 4.55. The summed E-state index contributed by atoms with van der Waals surface area (Å²) in [7, 11) is 0. The maximum absolute atomic E-state index is 12.4. The number of hydrogen-bond acceptors (Lipinski definition) is 4. The molecule has 0 bridgehead atoms. The molecule has 1 aliphatic carbocycles. The number of amides is 1. The second-order valence-electron chi connectivity index (χ2n) is 7.70. The molecule has 4 nitrogen and oxygen atoms in total. The Labute approximate surface area is 137 Å². The van der Waals surface area contributed by atoms with E-state index in [4.69, 9.17) is 0 Å². The highest BCUT2D eigenvalue weighted by molar-refractivity contribution is 7.09. The molecule has 2 fully saturated rings. The maximum atomic E-state index is 12.4. The lowest BCUT2D eigenvalue weighted by Crippen LogP contribution is -2.42. The number of thiazole rings is 1. The van der Waals surface area contributed by atoms with Crippen LogP contribution in [0.15, 0.2) is 5.38 Å². The molecule has 0 spiro atoms. The van der Waals surface area contributed by atoms with Crippen LogP contribution in [0.4, 0.5) is 0 Å². The molecule has 3 atom stereocenters. The molecule has 5 heteroatoms. The minimum Gasteiger partial charge on any atom is -0.348 e. The van der Waals surface area contributed by atoms with Crippen LogP contribution in [0, 0.1) is 5.92 Å². The molecule has 2 aliphatic rings. The van der Waals surface area contributed by atoms with Crippen molar-refractivity contribution >= 4 is 17.2 Å². The molecule has 3 rings (SSSR count). The average Bonchev–Trinajstić information content (AvgIpc) is 3.10. The molecule has 1 saturated carbocycles. The van der Waals surface area contributed by atoms with Gasteiger partial charge in [0.1, 0.15) is 5.01 Å². The van der Waals surface area contributed by atoms with Gasteiger partial charge in [0.05, 0.1) is 18.3 Å². The summed E-state index contributed by atoms with van der Waals surface area (Å²) in [4.78, 5) is 17.0. The summed E-state index contributed by atoms with van der Waals surface area (Å²) < 4.78 is 0. The third-order valence-corrected chi connectivity index (χ3v) is 5.76. The molecular formula is C17H27N3OS. The van der Waals surface area contributed by atoms with E-state index < -0.39 is 0 Å². The molecule has 3 unspecified atom stereocenters. The molecular weight excluding hydrogens is 294 g/mol. The van der Waals surface area contributed by atoms with Crippen LogP contribution in [-0.2, 0) is 16.8 Å². The summed E-state index contributed by atoms with van der Waals surface area (Å²) >= 11 is 1.63. The van der Waals surface area contributed by atoms with Crippen LogP contribution in [0.25, 0.3) is 0 Å². The summed E-state index contributed by atoms with van der Waals surface area (Å²) in [5.41, 5.74) is 1.17. The maximum Gasteiger partial charge on any atom is 0.237 e. The highest BCUT2D eigenvalue weighted by Crippen LogP contribution is 2.33. The summed E-state index contributed by atoms with van der Waals surface area (Å²) in [6.45, 7) is 7.03. The van der Waals surface area contributed by atoms with Gasteiger partial charge >= 0.3 is 0 Å². The lowest BCUT2D eigenvalue weighted by Gasteiger charge is -2.24. The summed E-state index contributed by atoms with van der Waals surface area (Å²) in [6.07, 6.45) is 6.14. The van der Waals surface area contributed by atoms with E-state index in [0.29, 0.717) is 18.5 Å². The van der Waals surface area contributed by atoms with Gasteiger partial charge in [-0.05, 0) is 25.2 Å². The van der Waals surface area contributed by atoms with E-state index in [1.54, 1.807) is 11.3 Å². The van der Waals surface area contributed by atoms with Crippen LogP contribution >= 0.6 is 11.3 Å². The fourth-order valence-electron chi connectivity index (χ4n) is 3.54. The number of nitrogens with one attached hydrogen (secondary N) is 2. The Morgan fingerprint density at radius 2 is 2.18 bits per heavy atom. The zero-order valence-corrected chi connectivity index (χ0v) is 14.6. The van der Waals surface area contributed by atoms with Gasteiger partial charge in [-0.3, -0.25) is 4.79 Å². The average molecular weight is 321 g/mol. The van der Waals surface area contributed by atoms with Crippen molar-refractivity contribution in [3.05, 3.63) is 16.1 Å². The second-order valence-corrected chi connectivity index (χ2v) is 8.64. The normalized spacial score (nSPS) is 28.4. The van der Waals surface area contributed by atoms with Gasteiger partial charge in [0.2, 0.25) is 5.91 Å². The Balaban J connectivity index is 1.51. The predicted molar refractivity (Wildman–Crippen MR) is 89.9 cm³/mol. The van der Waals surface area contributed by atoms with E-state index in [0.717, 1.165) is 17.1 Å². The Hall–Kier alpha value is -0.940. The van der Waals surface area contributed by atoms with Crippen molar-refractivity contribution in [3.63, 3.8) is 0 Å². The lowest BCUT2D eigenvalue weighted by atomic mass is 9.85. The van der Waals surface area contributed by atoms with Crippen LogP contribution in [0.3, 0.4) is 0 Å². The van der Waals surface area contributed by atoms with Gasteiger partial charge in [-0.2, -0.15) is 0 Å². The number of carbonyl (C=O) groups is 1. The van der Waals surface area contributed by atoms with Gasteiger partial charge in [-0.1, -0.05) is 33.6 Å². The fourth-order valence-corrected chi connectivity index (χ4v) is 4.50. The molecule has 22 heavy (non-hydrogen) atoms. The summed E-state index contributed by atoms with van der Waals surface area (Å²) in [5.74, 6) is 0.846. The van der Waals surface area contributed by atoms with E-state index in [2.05, 4.69) is 41.8 Å². The standard InChI is InChI=1S/C17H27N3OS/c1-17(2,3)14-10-22-15(20-14)9-18-16(21)13-8-11-6-4-5-7-12(11)19-13/h10-13,19H,4-9H2,1-3H3,(H,18,21). The highest BCUT2D eigenvalue weighted by atomic mass is 32.1. The number of nitrogens with zero attached hydrogens (tertiary/aromatic N) is 1. The van der Waals surface area contributed by atoms with E-state index in [-0.39, 0.29) is 17.4 Å². The lowest BCUT2D eigenvalue weighted by molar-refractivity contribution is -0.123. The Morgan fingerprint density at radius 1 is 1.41 bits per heavy atom. The molecule has 1 saturated heterocycles. The molecule has 122 valence electrons. The van der Waals surface area contributed by atoms with Gasteiger partial charge in [0.15, 0.2) is 0 Å². The minimum atomic E-state index is -0.00449. The summed E-state index contributed by atoms with van der Waals surface area (Å²) in [6, 6.07) is 0.562. The molecule has 2 heterocycles. The third kappa shape index (κ3) is 3.51. The van der Waals surface area contributed by atoms with Crippen molar-refractivity contribution in [2.45, 2.75) is 76.9 Å². The Bertz CT molecular complexity index is 520. The van der Waals surface area contributed by atoms with E-state index >= 15 is 0 Å². The van der Waals surface area contributed by atoms with Crippen molar-refractivity contribution in [1.29, 1.82) is 0 Å². The predicted octanol–water partition coefficient (Wildman–Crippen LogP) is 2.98. The highest BCUT2D eigenvalue weighted by Gasteiger charge is 2.38. The van der Waals surface area contributed by atoms with Crippen molar-refractivity contribution in [2.24, 2.45) is 5.92 Å². The molecule has 1 amide bonds. The number of hydrogen-bond donors (Lipinski definition) is 2. The molecule has 2 N–H and O–H groups in total. The number of carbonyl (C=O) groups excluding carboxylic acids is 1. The van der Waals surface area contributed by atoms with Crippen molar-refractivity contribution in [3.8, 4) is 0 Å². The minimum absolute atomic E-state index is 0.00449. The van der Waals surface area contributed by atoms with Crippen LogP contribution < -0.4 is 10.6 Å². The molecule has 0 aromatic carbocycles. The molecule has 0 radical (unpaired) electrons. The van der Waals surface area contributed by atoms with Gasteiger partial charge < -0.3 is 10.6 Å². The van der Waals surface area contributed by atoms with E-state index in [1.807, 2.05) is 0 Å². The first kappa shape index (κ1) is 15.9. The second kappa shape index (κ2) is 6.28. The first-order valence-electron chi connectivity index (χ1n) is 8.42. The zero-order chi connectivity index (χ0) is 15.7. The molecule has 1 aliphatic heterocycles. The SMILES string of the molecule is CC(C)(C)c1csc(CNC(=O)C2CC3CCCCC3N2)n1. The van der Waals surface area contributed by atoms with Gasteiger partial charge in [-0.15, -0.1) is 11.3 Å². The number of aromatic nitrogens is 1. The van der Waals surface area contributed by atoms with Gasteiger partial charge in [-0.25, -0.2) is 4.98 Å². The number of rotatable bonds is 3. The van der Waals surface area contributed by atoms with Crippen LogP contribution in [0.1, 0.15) is 63.6 Å². The molecule has 1 aromatic heterocycles. The third-order valence-electron chi connectivity index (χ3n) is 4.91. The van der Waals surface area contributed by atoms with E-state index in [1.165, 1.54) is 25.7 Å². The van der Waals surface area contributed by atoms with Crippen LogP contribution in [0.5, 0.6) is 0 Å². The van der Waals surface area contributed by atoms with Gasteiger partial charge in [0.25, 0.3) is 0 Å². The quantitative estimate of drug-likeness (QED) is 0.900. The summed E-state index contributed by atoms with van der Waals surface area (Å²) in [5, 5.41) is 9.69. The van der Waals surface area contributed by atoms with Crippen molar-refractivity contribution in [1.82, 2.24) is 15.6 Å². The Morgan fingerprint density at radius 3 is 2.86 bits per heavy atom. The van der Waals surface area contributed by atoms with Crippen molar-refractivity contribution < 1.29 is 4.79 Å². The van der Waals surface area contributed by atoms with Crippen LogP contribution in [-0.4, -0.2) is 23.0 Å². The van der Waals surface area contributed by atoms with Crippen LogP contribution in [0.2, 0.25) is 0 Å². The zero-order valence-electron chi connectivity index (χ0n) is 13.8. The number of fused-ring (bicyclic) bond motifs is 1. The first-order chi connectivity index (χ1) is 10.4. The largest absolute Gasteiger partial charge is 0.348 e. The topological polar surface area (TPSA) is 54.0 Å². The van der Waals surface area contributed by atoms with E-state index in [9.17, 15) is 4.79 Å². The smallest absolute Gasteiger partial charge is 0.237 e. The fraction of sp³-hybridized carbons (Fsp3) is 0.765. The first-order valence-corrected chi connectivity index (χ1v) is 9.30. The van der Waals surface area contributed by atoms with Crippen molar-refractivity contribution in [2.75, 3.05) is 0 Å².